The number of carbonyl (C=O) groups is 5. The third-order valence-electron chi connectivity index (χ3n) is 6.00. The van der Waals surface area contributed by atoms with Gasteiger partial charge in [-0.1, -0.05) is 26.8 Å². The third-order valence-corrected chi connectivity index (χ3v) is 6.00. The molecule has 1 heterocycles. The molecule has 5 amide bonds. The van der Waals surface area contributed by atoms with Gasteiger partial charge in [-0.15, -0.1) is 6.58 Å². The second-order valence-corrected chi connectivity index (χ2v) is 8.92. The van der Waals surface area contributed by atoms with E-state index in [0.717, 1.165) is 0 Å². The second kappa shape index (κ2) is 16.6. The van der Waals surface area contributed by atoms with E-state index in [2.05, 4.69) is 33.3 Å². The fourth-order valence-corrected chi connectivity index (χ4v) is 3.60. The van der Waals surface area contributed by atoms with Gasteiger partial charge in [-0.2, -0.15) is 5.48 Å². The number of hydrogen-bond acceptors (Lipinski definition) is 7. The molecule has 0 aromatic carbocycles. The van der Waals surface area contributed by atoms with Crippen LogP contribution < -0.4 is 32.5 Å². The molecular weight excluding hydrogens is 468 g/mol. The predicted octanol–water partition coefficient (Wildman–Crippen LogP) is -0.462. The lowest BCUT2D eigenvalue weighted by atomic mass is 10.0. The summed E-state index contributed by atoms with van der Waals surface area (Å²) in [6, 6.07) is -3.75. The van der Waals surface area contributed by atoms with Crippen molar-refractivity contribution >= 4 is 29.5 Å². The van der Waals surface area contributed by atoms with E-state index in [-0.39, 0.29) is 31.4 Å². The Labute approximate surface area is 212 Å². The van der Waals surface area contributed by atoms with E-state index in [1.165, 1.54) is 0 Å². The van der Waals surface area contributed by atoms with Gasteiger partial charge in [0.2, 0.25) is 29.5 Å². The third kappa shape index (κ3) is 10.7. The number of hydroxylamine groups is 1. The minimum absolute atomic E-state index is 0.0695. The minimum Gasteiger partial charge on any atom is -0.368 e. The molecule has 1 aliphatic rings. The van der Waals surface area contributed by atoms with Crippen LogP contribution >= 0.6 is 0 Å². The zero-order valence-corrected chi connectivity index (χ0v) is 21.6. The Morgan fingerprint density at radius 2 is 1.53 bits per heavy atom. The summed E-state index contributed by atoms with van der Waals surface area (Å²) >= 11 is 0. The summed E-state index contributed by atoms with van der Waals surface area (Å²) in [5.74, 6) is -3.01. The predicted molar refractivity (Wildman–Crippen MR) is 134 cm³/mol. The maximum Gasteiger partial charge on any atom is 0.243 e. The van der Waals surface area contributed by atoms with Crippen LogP contribution in [-0.2, 0) is 28.8 Å². The van der Waals surface area contributed by atoms with Crippen LogP contribution in [0.1, 0.15) is 65.7 Å². The van der Waals surface area contributed by atoms with Crippen LogP contribution in [-0.4, -0.2) is 66.9 Å². The van der Waals surface area contributed by atoms with Gasteiger partial charge in [0.1, 0.15) is 24.2 Å². The van der Waals surface area contributed by atoms with E-state index in [9.17, 15) is 24.0 Å². The lowest BCUT2D eigenvalue weighted by molar-refractivity contribution is -0.135. The van der Waals surface area contributed by atoms with Crippen LogP contribution in [0.3, 0.4) is 0 Å². The number of unbranched alkanes of at least 4 members (excludes halogenated alkanes) is 1. The molecule has 7 N–H and O–H groups in total. The smallest absolute Gasteiger partial charge is 0.243 e. The minimum atomic E-state index is -1.07. The molecule has 5 unspecified atom stereocenters. The van der Waals surface area contributed by atoms with Crippen LogP contribution in [0, 0.1) is 5.92 Å². The number of nitrogens with two attached hydrogens (primary N) is 1. The van der Waals surface area contributed by atoms with Gasteiger partial charge in [-0.3, -0.25) is 24.0 Å². The van der Waals surface area contributed by atoms with E-state index in [1.54, 1.807) is 26.8 Å². The lowest BCUT2D eigenvalue weighted by Crippen LogP contribution is -2.59. The summed E-state index contributed by atoms with van der Waals surface area (Å²) in [5, 5.41) is 10.7. The van der Waals surface area contributed by atoms with Crippen molar-refractivity contribution in [1.82, 2.24) is 26.7 Å². The highest BCUT2D eigenvalue weighted by molar-refractivity contribution is 5.95. The quantitative estimate of drug-likeness (QED) is 0.198. The van der Waals surface area contributed by atoms with Gasteiger partial charge < -0.3 is 31.8 Å². The molecule has 1 saturated heterocycles. The monoisotopic (exact) mass is 510 g/mol. The first-order valence-corrected chi connectivity index (χ1v) is 12.6. The largest absolute Gasteiger partial charge is 0.368 e. The van der Waals surface area contributed by atoms with Crippen LogP contribution in [0.15, 0.2) is 12.7 Å². The molecule has 0 aliphatic carbocycles. The summed E-state index contributed by atoms with van der Waals surface area (Å²) in [7, 11) is 0. The van der Waals surface area contributed by atoms with Crippen molar-refractivity contribution in [2.45, 2.75) is 89.9 Å². The van der Waals surface area contributed by atoms with Gasteiger partial charge in [-0.05, 0) is 44.9 Å². The summed E-state index contributed by atoms with van der Waals surface area (Å²) in [6.45, 7) is 9.09. The van der Waals surface area contributed by atoms with E-state index < -0.39 is 47.8 Å². The van der Waals surface area contributed by atoms with Gasteiger partial charge in [0.05, 0.1) is 13.2 Å². The number of rotatable bonds is 7. The normalized spacial score (nSPS) is 27.8. The topological polar surface area (TPSA) is 181 Å². The Bertz CT molecular complexity index is 776. The first kappa shape index (κ1) is 31.0. The van der Waals surface area contributed by atoms with Crippen molar-refractivity contribution in [3.8, 4) is 0 Å². The Hall–Kier alpha value is -2.99. The number of hydrogen-bond donors (Lipinski definition) is 6. The first-order valence-electron chi connectivity index (χ1n) is 12.6. The van der Waals surface area contributed by atoms with Crippen LogP contribution in [0.25, 0.3) is 0 Å². The van der Waals surface area contributed by atoms with Gasteiger partial charge in [0, 0.05) is 5.92 Å². The van der Waals surface area contributed by atoms with Gasteiger partial charge in [-0.25, -0.2) is 0 Å². The molecule has 36 heavy (non-hydrogen) atoms. The molecule has 0 saturated carbocycles. The molecule has 204 valence electrons. The molecule has 0 aromatic heterocycles. The summed E-state index contributed by atoms with van der Waals surface area (Å²) in [4.78, 5) is 68.6. The Morgan fingerprint density at radius 3 is 2.11 bits per heavy atom. The molecule has 1 rings (SSSR count). The molecule has 1 aliphatic heterocycles. The molecule has 12 nitrogen and oxygen atoms in total. The summed E-state index contributed by atoms with van der Waals surface area (Å²) in [6.07, 6.45) is 4.88. The zero-order chi connectivity index (χ0) is 27.1. The van der Waals surface area contributed by atoms with Crippen LogP contribution in [0.2, 0.25) is 0 Å². The zero-order valence-electron chi connectivity index (χ0n) is 21.6. The highest BCUT2D eigenvalue weighted by Crippen LogP contribution is 2.09. The fourth-order valence-electron chi connectivity index (χ4n) is 3.60. The van der Waals surface area contributed by atoms with Crippen molar-refractivity contribution < 1.29 is 28.8 Å². The molecule has 0 spiro atoms. The maximum atomic E-state index is 13.1. The SMILES string of the molecule is C=CCCCC1NC(=O)C(CC)NC(=O)C(C)CCCONCC(C(N)=O)NC(=O)C(CC)NC1=O. The lowest BCUT2D eigenvalue weighted by Gasteiger charge is -2.26. The van der Waals surface area contributed by atoms with Crippen molar-refractivity contribution in [1.29, 1.82) is 0 Å². The Kier molecular flexibility index (Phi) is 14.3. The van der Waals surface area contributed by atoms with E-state index in [4.69, 9.17) is 10.6 Å². The summed E-state index contributed by atoms with van der Waals surface area (Å²) in [5.41, 5.74) is 8.02. The molecule has 0 bridgehead atoms. The number of primary amides is 1. The van der Waals surface area contributed by atoms with Crippen LogP contribution in [0.5, 0.6) is 0 Å². The molecule has 1 fully saturated rings. The van der Waals surface area contributed by atoms with Crippen molar-refractivity contribution in [3.63, 3.8) is 0 Å². The molecule has 0 radical (unpaired) electrons. The highest BCUT2D eigenvalue weighted by Gasteiger charge is 2.30. The average Bonchev–Trinajstić information content (AvgIpc) is 2.84. The van der Waals surface area contributed by atoms with E-state index in [0.29, 0.717) is 38.5 Å². The number of nitrogens with one attached hydrogen (secondary N) is 5. The van der Waals surface area contributed by atoms with Gasteiger partial charge >= 0.3 is 0 Å². The Balaban J connectivity index is 3.15. The van der Waals surface area contributed by atoms with Crippen molar-refractivity contribution in [3.05, 3.63) is 12.7 Å². The standard InChI is InChI=1S/C24H42N6O6/c1-5-8-9-12-18-24(35)28-17(7-3)23(34)30-19(20(25)31)14-26-36-13-10-11-15(4)21(32)27-16(6-2)22(33)29-18/h5,15-19,26H,1,6-14H2,2-4H3,(H2,25,31)(H,27,32)(H,28,35)(H,29,33)(H,30,34). The fraction of sp³-hybridized carbons (Fsp3) is 0.708. The van der Waals surface area contributed by atoms with Gasteiger partial charge in [0.15, 0.2) is 0 Å². The molecular formula is C24H42N6O6. The van der Waals surface area contributed by atoms with Crippen molar-refractivity contribution in [2.24, 2.45) is 11.7 Å². The first-order chi connectivity index (χ1) is 17.1. The highest BCUT2D eigenvalue weighted by atomic mass is 16.6. The number of amides is 5. The van der Waals surface area contributed by atoms with E-state index >= 15 is 0 Å². The Morgan fingerprint density at radius 1 is 0.972 bits per heavy atom. The van der Waals surface area contributed by atoms with Crippen LogP contribution in [0.4, 0.5) is 0 Å². The number of allylic oxidation sites excluding steroid dienone is 1. The molecule has 12 heteroatoms. The average molecular weight is 511 g/mol. The second-order valence-electron chi connectivity index (χ2n) is 8.92. The maximum absolute atomic E-state index is 13.1. The molecule has 5 atom stereocenters. The van der Waals surface area contributed by atoms with Gasteiger partial charge in [0.25, 0.3) is 0 Å². The summed E-state index contributed by atoms with van der Waals surface area (Å²) < 4.78 is 0. The molecule has 0 aromatic rings. The van der Waals surface area contributed by atoms with Crippen molar-refractivity contribution in [2.75, 3.05) is 13.2 Å². The number of carbonyl (C=O) groups excluding carboxylic acids is 5. The van der Waals surface area contributed by atoms with E-state index in [1.807, 2.05) is 0 Å².